The van der Waals surface area contributed by atoms with Crippen molar-refractivity contribution in [3.63, 3.8) is 0 Å². The van der Waals surface area contributed by atoms with Gasteiger partial charge in [-0.25, -0.2) is 0 Å². The Morgan fingerprint density at radius 2 is 1.81 bits per heavy atom. The molecule has 0 N–H and O–H groups in total. The fourth-order valence-electron chi connectivity index (χ4n) is 1.63. The van der Waals surface area contributed by atoms with E-state index < -0.39 is 0 Å². The lowest BCUT2D eigenvalue weighted by Crippen LogP contribution is -2.19. The van der Waals surface area contributed by atoms with E-state index in [0.29, 0.717) is 0 Å². The predicted molar refractivity (Wildman–Crippen MR) is 83.1 cm³/mol. The summed E-state index contributed by atoms with van der Waals surface area (Å²) in [7, 11) is 2.20. The maximum Gasteiger partial charge on any atom is 0.0230 e. The average Bonchev–Trinajstić information content (AvgIpc) is 2.28. The predicted octanol–water partition coefficient (Wildman–Crippen LogP) is 4.29. The minimum atomic E-state index is 1.06. The zero-order valence-corrected chi connectivity index (χ0v) is 13.5. The fraction of sp³-hybridized carbons (Fsp3) is 0.538. The van der Waals surface area contributed by atoms with Crippen LogP contribution in [0, 0.1) is 3.57 Å². The third kappa shape index (κ3) is 6.21. The number of unbranched alkanes of at least 4 members (excludes halogenated alkanes) is 2. The molecule has 0 saturated carbocycles. The second-order valence-corrected chi connectivity index (χ2v) is 6.15. The maximum absolute atomic E-state index is 3.46. The van der Waals surface area contributed by atoms with Gasteiger partial charge in [0.25, 0.3) is 0 Å². The molecule has 1 aromatic rings. The van der Waals surface area contributed by atoms with E-state index in [1.165, 1.54) is 34.9 Å². The standard InChI is InChI=1S/C13H19BrIN/c1-16(10-4-2-3-9-14)11-12-5-7-13(15)8-6-12/h5-8H,2-4,9-11H2,1H3. The number of alkyl halides is 1. The molecule has 16 heavy (non-hydrogen) atoms. The van der Waals surface area contributed by atoms with Gasteiger partial charge in [-0.05, 0) is 66.7 Å². The Kier molecular flexibility index (Phi) is 7.66. The van der Waals surface area contributed by atoms with Gasteiger partial charge in [0.15, 0.2) is 0 Å². The quantitative estimate of drug-likeness (QED) is 0.378. The van der Waals surface area contributed by atoms with Crippen LogP contribution in [0.15, 0.2) is 24.3 Å². The molecule has 0 fully saturated rings. The molecule has 90 valence electrons. The number of rotatable bonds is 7. The van der Waals surface area contributed by atoms with Crippen LogP contribution in [0.5, 0.6) is 0 Å². The summed E-state index contributed by atoms with van der Waals surface area (Å²) in [5.41, 5.74) is 1.41. The number of nitrogens with zero attached hydrogens (tertiary/aromatic N) is 1. The molecule has 0 saturated heterocycles. The highest BCUT2D eigenvalue weighted by Gasteiger charge is 1.99. The van der Waals surface area contributed by atoms with E-state index in [9.17, 15) is 0 Å². The first kappa shape index (κ1) is 14.5. The Balaban J connectivity index is 2.23. The van der Waals surface area contributed by atoms with Gasteiger partial charge in [0, 0.05) is 15.4 Å². The molecular weight excluding hydrogens is 377 g/mol. The van der Waals surface area contributed by atoms with E-state index in [4.69, 9.17) is 0 Å². The highest BCUT2D eigenvalue weighted by atomic mass is 127. The summed E-state index contributed by atoms with van der Waals surface area (Å²) in [5, 5.41) is 1.13. The number of halogens is 2. The van der Waals surface area contributed by atoms with Crippen molar-refractivity contribution in [3.05, 3.63) is 33.4 Å². The molecule has 0 unspecified atom stereocenters. The number of hydrogen-bond acceptors (Lipinski definition) is 1. The van der Waals surface area contributed by atoms with Crippen molar-refractivity contribution < 1.29 is 0 Å². The lowest BCUT2D eigenvalue weighted by molar-refractivity contribution is 0.318. The van der Waals surface area contributed by atoms with Gasteiger partial charge in [0.1, 0.15) is 0 Å². The second kappa shape index (κ2) is 8.48. The highest BCUT2D eigenvalue weighted by Crippen LogP contribution is 2.09. The van der Waals surface area contributed by atoms with Gasteiger partial charge in [-0.3, -0.25) is 0 Å². The maximum atomic E-state index is 3.46. The van der Waals surface area contributed by atoms with Crippen LogP contribution >= 0.6 is 38.5 Å². The second-order valence-electron chi connectivity index (χ2n) is 4.11. The van der Waals surface area contributed by atoms with Crippen LogP contribution in [0.2, 0.25) is 0 Å². The topological polar surface area (TPSA) is 3.24 Å². The third-order valence-electron chi connectivity index (χ3n) is 2.54. The van der Waals surface area contributed by atoms with E-state index >= 15 is 0 Å². The van der Waals surface area contributed by atoms with Crippen LogP contribution in [-0.4, -0.2) is 23.8 Å². The molecule has 1 aromatic carbocycles. The molecule has 0 amide bonds. The Bertz CT molecular complexity index is 286. The van der Waals surface area contributed by atoms with Crippen LogP contribution in [0.4, 0.5) is 0 Å². The molecule has 0 spiro atoms. The molecule has 1 rings (SSSR count). The van der Waals surface area contributed by atoms with Crippen molar-refractivity contribution in [2.75, 3.05) is 18.9 Å². The van der Waals surface area contributed by atoms with Crippen LogP contribution in [0.1, 0.15) is 24.8 Å². The van der Waals surface area contributed by atoms with Gasteiger partial charge in [0.05, 0.1) is 0 Å². The normalized spacial score (nSPS) is 11.0. The first-order valence-corrected chi connectivity index (χ1v) is 7.91. The Labute approximate surface area is 121 Å². The summed E-state index contributed by atoms with van der Waals surface area (Å²) in [6, 6.07) is 8.79. The summed E-state index contributed by atoms with van der Waals surface area (Å²) in [5.74, 6) is 0. The Morgan fingerprint density at radius 3 is 2.44 bits per heavy atom. The van der Waals surface area contributed by atoms with E-state index in [1.54, 1.807) is 0 Å². The van der Waals surface area contributed by atoms with E-state index in [-0.39, 0.29) is 0 Å². The van der Waals surface area contributed by atoms with Crippen molar-refractivity contribution in [3.8, 4) is 0 Å². The summed E-state index contributed by atoms with van der Waals surface area (Å²) >= 11 is 5.81. The molecule has 0 aliphatic heterocycles. The van der Waals surface area contributed by atoms with E-state index in [2.05, 4.69) is 74.7 Å². The van der Waals surface area contributed by atoms with Crippen LogP contribution in [0.3, 0.4) is 0 Å². The largest absolute Gasteiger partial charge is 0.302 e. The minimum Gasteiger partial charge on any atom is -0.302 e. The molecule has 0 bridgehead atoms. The van der Waals surface area contributed by atoms with Crippen molar-refractivity contribution in [1.82, 2.24) is 4.90 Å². The zero-order chi connectivity index (χ0) is 11.8. The molecule has 0 aromatic heterocycles. The first-order chi connectivity index (χ1) is 7.72. The van der Waals surface area contributed by atoms with Crippen LogP contribution in [0.25, 0.3) is 0 Å². The Morgan fingerprint density at radius 1 is 1.12 bits per heavy atom. The lowest BCUT2D eigenvalue weighted by Gasteiger charge is -2.16. The van der Waals surface area contributed by atoms with Crippen molar-refractivity contribution in [2.45, 2.75) is 25.8 Å². The van der Waals surface area contributed by atoms with Gasteiger partial charge in [-0.15, -0.1) is 0 Å². The fourth-order valence-corrected chi connectivity index (χ4v) is 2.39. The smallest absolute Gasteiger partial charge is 0.0230 e. The summed E-state index contributed by atoms with van der Waals surface area (Å²) in [6.07, 6.45) is 3.91. The van der Waals surface area contributed by atoms with Crippen LogP contribution < -0.4 is 0 Å². The van der Waals surface area contributed by atoms with Gasteiger partial charge in [0.2, 0.25) is 0 Å². The first-order valence-electron chi connectivity index (χ1n) is 5.71. The number of hydrogen-bond donors (Lipinski definition) is 0. The molecule has 0 aliphatic carbocycles. The van der Waals surface area contributed by atoms with E-state index in [1.807, 2.05) is 0 Å². The molecule has 3 heteroatoms. The molecule has 0 aliphatic rings. The molecular formula is C13H19BrIN. The van der Waals surface area contributed by atoms with E-state index in [0.717, 1.165) is 11.9 Å². The molecule has 0 heterocycles. The Hall–Kier alpha value is 0.390. The van der Waals surface area contributed by atoms with Crippen molar-refractivity contribution in [1.29, 1.82) is 0 Å². The highest BCUT2D eigenvalue weighted by molar-refractivity contribution is 14.1. The van der Waals surface area contributed by atoms with Crippen molar-refractivity contribution in [2.24, 2.45) is 0 Å². The lowest BCUT2D eigenvalue weighted by atomic mass is 10.2. The van der Waals surface area contributed by atoms with Gasteiger partial charge in [-0.2, -0.15) is 0 Å². The third-order valence-corrected chi connectivity index (χ3v) is 3.82. The monoisotopic (exact) mass is 395 g/mol. The van der Waals surface area contributed by atoms with Gasteiger partial charge in [-0.1, -0.05) is 34.5 Å². The summed E-state index contributed by atoms with van der Waals surface area (Å²) in [4.78, 5) is 2.40. The average molecular weight is 396 g/mol. The van der Waals surface area contributed by atoms with Crippen molar-refractivity contribution >= 4 is 38.5 Å². The van der Waals surface area contributed by atoms with Gasteiger partial charge < -0.3 is 4.90 Å². The minimum absolute atomic E-state index is 1.06. The molecule has 1 nitrogen and oxygen atoms in total. The SMILES string of the molecule is CN(CCCCCBr)Cc1ccc(I)cc1. The summed E-state index contributed by atoms with van der Waals surface area (Å²) in [6.45, 7) is 2.25. The number of benzene rings is 1. The van der Waals surface area contributed by atoms with Gasteiger partial charge >= 0.3 is 0 Å². The summed E-state index contributed by atoms with van der Waals surface area (Å²) < 4.78 is 1.31. The zero-order valence-electron chi connectivity index (χ0n) is 9.76. The van der Waals surface area contributed by atoms with Crippen LogP contribution in [-0.2, 0) is 6.54 Å². The molecule has 0 atom stereocenters. The molecule has 0 radical (unpaired) electrons.